The van der Waals surface area contributed by atoms with Gasteiger partial charge in [-0.2, -0.15) is 0 Å². The molecule has 0 saturated heterocycles. The van der Waals surface area contributed by atoms with Crippen molar-refractivity contribution in [3.05, 3.63) is 0 Å². The van der Waals surface area contributed by atoms with E-state index in [1.165, 1.54) is 14.0 Å². The van der Waals surface area contributed by atoms with Gasteiger partial charge >= 0.3 is 5.97 Å². The maximum absolute atomic E-state index is 11.0. The molecule has 0 amide bonds. The van der Waals surface area contributed by atoms with E-state index >= 15 is 0 Å². The number of esters is 1. The Bertz CT molecular complexity index is 169. The number of hydrogen-bond acceptors (Lipinski definition) is 2. The van der Waals surface area contributed by atoms with Crippen LogP contribution in [0.4, 0.5) is 0 Å². The van der Waals surface area contributed by atoms with E-state index in [9.17, 15) is 4.79 Å². The van der Waals surface area contributed by atoms with Crippen LogP contribution in [0.2, 0.25) is 0 Å². The van der Waals surface area contributed by atoms with Gasteiger partial charge in [-0.3, -0.25) is 4.79 Å². The molecule has 72 valence electrons. The summed E-state index contributed by atoms with van der Waals surface area (Å²) in [4.78, 5) is 8.70. The number of carbonyl (C=O) groups is 1. The third-order valence-corrected chi connectivity index (χ3v) is 3.28. The van der Waals surface area contributed by atoms with Crippen molar-refractivity contribution in [1.82, 2.24) is 0 Å². The molecule has 0 bridgehead atoms. The van der Waals surface area contributed by atoms with E-state index in [1.807, 2.05) is 0 Å². The van der Waals surface area contributed by atoms with Crippen molar-refractivity contribution in [2.24, 2.45) is 0 Å². The molecule has 0 aromatic heterocycles. The van der Waals surface area contributed by atoms with Gasteiger partial charge in [-0.15, -0.1) is 46.4 Å². The molecule has 2 atom stereocenters. The first-order valence-corrected chi connectivity index (χ1v) is 4.72. The Morgan fingerprint density at radius 1 is 1.42 bits per heavy atom. The molecule has 0 aromatic carbocycles. The molecular formula is C6H8Cl4O2. The van der Waals surface area contributed by atoms with Crippen molar-refractivity contribution < 1.29 is 9.53 Å². The average Bonchev–Trinajstić information content (AvgIpc) is 2.01. The van der Waals surface area contributed by atoms with Gasteiger partial charge in [-0.1, -0.05) is 0 Å². The van der Waals surface area contributed by atoms with Crippen LogP contribution < -0.4 is 0 Å². The molecule has 0 aliphatic heterocycles. The number of hydrogen-bond donors (Lipinski definition) is 0. The molecule has 6 heteroatoms. The molecule has 0 radical (unpaired) electrons. The summed E-state index contributed by atoms with van der Waals surface area (Å²) in [5.74, 6) is -0.657. The molecule has 2 nitrogen and oxygen atoms in total. The topological polar surface area (TPSA) is 26.3 Å². The standard InChI is InChI=1S/C6H8Cl4O2/c1-6(10,5(11)12-2)3(7)4(8)9/h3-4H,1-2H3. The number of methoxy groups -OCH3 is 1. The highest BCUT2D eigenvalue weighted by Crippen LogP contribution is 2.31. The van der Waals surface area contributed by atoms with E-state index in [1.54, 1.807) is 0 Å². The summed E-state index contributed by atoms with van der Waals surface area (Å²) in [5, 5.41) is -0.894. The summed E-state index contributed by atoms with van der Waals surface area (Å²) in [6.45, 7) is 1.40. The Hall–Kier alpha value is 0.630. The van der Waals surface area contributed by atoms with Crippen LogP contribution in [0.5, 0.6) is 0 Å². The number of carbonyl (C=O) groups excluding carboxylic acids is 1. The Balaban J connectivity index is 4.48. The van der Waals surface area contributed by atoms with Crippen LogP contribution in [-0.2, 0) is 9.53 Å². The van der Waals surface area contributed by atoms with Crippen LogP contribution in [0.3, 0.4) is 0 Å². The summed E-state index contributed by atoms with van der Waals surface area (Å²) in [6, 6.07) is 0. The number of alkyl halides is 4. The van der Waals surface area contributed by atoms with Crippen LogP contribution >= 0.6 is 46.4 Å². The van der Waals surface area contributed by atoms with Crippen molar-refractivity contribution >= 4 is 52.4 Å². The fraction of sp³-hybridized carbons (Fsp3) is 0.833. The largest absolute Gasteiger partial charge is 0.468 e. The second kappa shape index (κ2) is 4.75. The zero-order valence-electron chi connectivity index (χ0n) is 6.48. The van der Waals surface area contributed by atoms with Gasteiger partial charge in [0.25, 0.3) is 0 Å². The summed E-state index contributed by atoms with van der Waals surface area (Å²) in [6.07, 6.45) is 0. The number of halogens is 4. The lowest BCUT2D eigenvalue weighted by atomic mass is 10.1. The highest BCUT2D eigenvalue weighted by atomic mass is 35.5. The van der Waals surface area contributed by atoms with E-state index in [4.69, 9.17) is 46.4 Å². The number of rotatable bonds is 3. The monoisotopic (exact) mass is 252 g/mol. The van der Waals surface area contributed by atoms with Gasteiger partial charge in [0.2, 0.25) is 0 Å². The Morgan fingerprint density at radius 2 is 1.83 bits per heavy atom. The Kier molecular flexibility index (Phi) is 5.00. The molecule has 0 fully saturated rings. The van der Waals surface area contributed by atoms with Crippen LogP contribution in [0, 0.1) is 0 Å². The third-order valence-electron chi connectivity index (χ3n) is 1.32. The molecular weight excluding hydrogens is 246 g/mol. The minimum absolute atomic E-state index is 0.657. The van der Waals surface area contributed by atoms with Crippen LogP contribution in [0.1, 0.15) is 6.92 Å². The van der Waals surface area contributed by atoms with E-state index in [2.05, 4.69) is 4.74 Å². The minimum atomic E-state index is -1.40. The second-order valence-corrected chi connectivity index (χ2v) is 4.72. The summed E-state index contributed by atoms with van der Waals surface area (Å²) >= 11 is 22.4. The highest BCUT2D eigenvalue weighted by Gasteiger charge is 2.42. The normalized spacial score (nSPS) is 18.6. The average molecular weight is 254 g/mol. The van der Waals surface area contributed by atoms with Gasteiger partial charge in [0.05, 0.1) is 12.5 Å². The predicted molar refractivity (Wildman–Crippen MR) is 51.4 cm³/mol. The lowest BCUT2D eigenvalue weighted by Crippen LogP contribution is -2.42. The van der Waals surface area contributed by atoms with Crippen molar-refractivity contribution in [1.29, 1.82) is 0 Å². The summed E-state index contributed by atoms with van der Waals surface area (Å²) in [5.41, 5.74) is 0. The smallest absolute Gasteiger partial charge is 0.328 e. The molecule has 0 spiro atoms. The van der Waals surface area contributed by atoms with E-state index in [0.29, 0.717) is 0 Å². The van der Waals surface area contributed by atoms with Gasteiger partial charge in [0, 0.05) is 0 Å². The lowest BCUT2D eigenvalue weighted by Gasteiger charge is -2.24. The molecule has 0 N–H and O–H groups in total. The van der Waals surface area contributed by atoms with Crippen molar-refractivity contribution in [2.75, 3.05) is 7.11 Å². The van der Waals surface area contributed by atoms with Crippen LogP contribution in [0.25, 0.3) is 0 Å². The van der Waals surface area contributed by atoms with Gasteiger partial charge < -0.3 is 4.74 Å². The van der Waals surface area contributed by atoms with Gasteiger partial charge in [-0.25, -0.2) is 0 Å². The summed E-state index contributed by atoms with van der Waals surface area (Å²) in [7, 11) is 1.21. The molecule has 0 aromatic rings. The minimum Gasteiger partial charge on any atom is -0.468 e. The zero-order chi connectivity index (χ0) is 9.94. The zero-order valence-corrected chi connectivity index (χ0v) is 9.51. The Morgan fingerprint density at radius 3 is 2.08 bits per heavy atom. The van der Waals surface area contributed by atoms with Gasteiger partial charge in [-0.05, 0) is 6.92 Å². The fourth-order valence-electron chi connectivity index (χ4n) is 0.549. The van der Waals surface area contributed by atoms with Crippen LogP contribution in [0.15, 0.2) is 0 Å². The van der Waals surface area contributed by atoms with Crippen molar-refractivity contribution in [3.63, 3.8) is 0 Å². The third kappa shape index (κ3) is 2.84. The predicted octanol–water partition coefficient (Wildman–Crippen LogP) is 2.57. The molecule has 2 unspecified atom stereocenters. The molecule has 0 aliphatic carbocycles. The second-order valence-electron chi connectivity index (χ2n) is 2.30. The fourth-order valence-corrected chi connectivity index (χ4v) is 1.47. The first kappa shape index (κ1) is 12.6. The van der Waals surface area contributed by atoms with Gasteiger partial charge in [0.15, 0.2) is 4.87 Å². The molecule has 0 heterocycles. The van der Waals surface area contributed by atoms with Crippen LogP contribution in [-0.4, -0.2) is 28.2 Å². The van der Waals surface area contributed by atoms with E-state index in [0.717, 1.165) is 0 Å². The highest BCUT2D eigenvalue weighted by molar-refractivity contribution is 6.51. The van der Waals surface area contributed by atoms with Crippen molar-refractivity contribution in [3.8, 4) is 0 Å². The lowest BCUT2D eigenvalue weighted by molar-refractivity contribution is -0.143. The Labute approximate surface area is 91.1 Å². The first-order valence-electron chi connectivity index (χ1n) is 3.03. The quantitative estimate of drug-likeness (QED) is 0.571. The molecule has 0 aliphatic rings. The molecule has 0 saturated carbocycles. The molecule has 12 heavy (non-hydrogen) atoms. The number of ether oxygens (including phenoxy) is 1. The van der Waals surface area contributed by atoms with E-state index < -0.39 is 21.1 Å². The SMILES string of the molecule is COC(=O)C(C)(Cl)C(Cl)C(Cl)Cl. The van der Waals surface area contributed by atoms with Gasteiger partial charge in [0.1, 0.15) is 4.84 Å². The van der Waals surface area contributed by atoms with E-state index in [-0.39, 0.29) is 0 Å². The summed E-state index contributed by atoms with van der Waals surface area (Å²) < 4.78 is 4.41. The maximum atomic E-state index is 11.0. The molecule has 0 rings (SSSR count). The van der Waals surface area contributed by atoms with Crippen molar-refractivity contribution in [2.45, 2.75) is 22.0 Å². The first-order chi connectivity index (χ1) is 5.34. The maximum Gasteiger partial charge on any atom is 0.328 e.